The lowest BCUT2D eigenvalue weighted by Crippen LogP contribution is -1.89. The Morgan fingerprint density at radius 2 is 1.67 bits per heavy atom. The number of hydrogen-bond acceptors (Lipinski definition) is 0. The van der Waals surface area contributed by atoms with Gasteiger partial charge in [0.15, 0.2) is 0 Å². The fourth-order valence-corrected chi connectivity index (χ4v) is 2.44. The smallest absolute Gasteiger partial charge is 0.127 e. The van der Waals surface area contributed by atoms with E-state index in [1.165, 1.54) is 6.07 Å². The summed E-state index contributed by atoms with van der Waals surface area (Å²) in [7, 11) is 0. The summed E-state index contributed by atoms with van der Waals surface area (Å²) in [5.74, 6) is -0.247. The van der Waals surface area contributed by atoms with Crippen molar-refractivity contribution in [2.24, 2.45) is 0 Å². The zero-order valence-corrected chi connectivity index (χ0v) is 12.0. The van der Waals surface area contributed by atoms with Gasteiger partial charge in [-0.05, 0) is 23.8 Å². The Balaban J connectivity index is 2.59. The fourth-order valence-electron chi connectivity index (χ4n) is 1.59. The number of benzene rings is 2. The maximum Gasteiger partial charge on any atom is 0.127 e. The summed E-state index contributed by atoms with van der Waals surface area (Å²) in [4.78, 5) is 0. The van der Waals surface area contributed by atoms with Gasteiger partial charge in [-0.3, -0.25) is 0 Å². The molecule has 2 rings (SSSR count). The average molecular weight is 324 g/mol. The zero-order valence-electron chi connectivity index (χ0n) is 8.98. The van der Waals surface area contributed by atoms with Gasteiger partial charge in [-0.15, -0.1) is 11.6 Å². The molecule has 0 radical (unpaired) electrons. The molecule has 94 valence electrons. The molecule has 0 amide bonds. The molecule has 0 nitrogen and oxygen atoms in total. The molecule has 0 aliphatic heterocycles. The highest BCUT2D eigenvalue weighted by Crippen LogP contribution is 2.38. The molecule has 0 spiro atoms. The van der Waals surface area contributed by atoms with Gasteiger partial charge in [0.25, 0.3) is 0 Å². The highest BCUT2D eigenvalue weighted by Gasteiger charge is 2.12. The fraction of sp³-hybridized carbons (Fsp3) is 0.0769. The maximum atomic E-state index is 13.4. The summed E-state index contributed by atoms with van der Waals surface area (Å²) >= 11 is 23.6. The normalized spacial score (nSPS) is 10.7. The van der Waals surface area contributed by atoms with Crippen LogP contribution in [0.4, 0.5) is 4.39 Å². The van der Waals surface area contributed by atoms with Gasteiger partial charge in [0.2, 0.25) is 0 Å². The summed E-state index contributed by atoms with van der Waals surface area (Å²) < 4.78 is 13.4. The number of halogens is 5. The first kappa shape index (κ1) is 14.0. The highest BCUT2D eigenvalue weighted by molar-refractivity contribution is 6.49. The van der Waals surface area contributed by atoms with E-state index in [0.717, 1.165) is 5.56 Å². The van der Waals surface area contributed by atoms with Crippen molar-refractivity contribution in [1.29, 1.82) is 0 Å². The second-order valence-corrected chi connectivity index (χ2v) is 5.09. The van der Waals surface area contributed by atoms with E-state index in [-0.39, 0.29) is 16.7 Å². The van der Waals surface area contributed by atoms with Crippen LogP contribution in [0, 0.1) is 5.82 Å². The van der Waals surface area contributed by atoms with Crippen LogP contribution in [0.2, 0.25) is 15.1 Å². The Kier molecular flexibility index (Phi) is 4.39. The molecule has 0 fully saturated rings. The van der Waals surface area contributed by atoms with Crippen LogP contribution in [-0.2, 0) is 5.88 Å². The van der Waals surface area contributed by atoms with Crippen molar-refractivity contribution in [3.8, 4) is 11.1 Å². The summed E-state index contributed by atoms with van der Waals surface area (Å²) in [5, 5.41) is 1.01. The predicted octanol–water partition coefficient (Wildman–Crippen LogP) is 6.19. The van der Waals surface area contributed by atoms with Crippen molar-refractivity contribution in [2.45, 2.75) is 5.88 Å². The van der Waals surface area contributed by atoms with Gasteiger partial charge in [-0.25, -0.2) is 4.39 Å². The Hall–Kier alpha value is -0.470. The minimum absolute atomic E-state index is 0.0958. The number of hydrogen-bond donors (Lipinski definition) is 0. The zero-order chi connectivity index (χ0) is 13.3. The molecule has 0 aliphatic rings. The second-order valence-electron chi connectivity index (χ2n) is 3.66. The minimum atomic E-state index is -0.343. The van der Waals surface area contributed by atoms with Gasteiger partial charge in [-0.2, -0.15) is 0 Å². The molecule has 2 aromatic rings. The van der Waals surface area contributed by atoms with Gasteiger partial charge in [0.05, 0.1) is 20.9 Å². The quantitative estimate of drug-likeness (QED) is 0.456. The molecular formula is C13H7Cl4F. The monoisotopic (exact) mass is 322 g/mol. The van der Waals surface area contributed by atoms with E-state index in [1.807, 2.05) is 0 Å². The van der Waals surface area contributed by atoms with Crippen molar-refractivity contribution in [3.63, 3.8) is 0 Å². The topological polar surface area (TPSA) is 0 Å². The van der Waals surface area contributed by atoms with E-state index in [2.05, 4.69) is 0 Å². The first-order valence-electron chi connectivity index (χ1n) is 5.03. The van der Waals surface area contributed by atoms with E-state index in [9.17, 15) is 4.39 Å². The standard InChI is InChI=1S/C13H7Cl4F/c14-6-8-5-7(1-4-11(8)18)9-2-3-10(15)13(17)12(9)16/h1-5H,6H2. The molecule has 0 bridgehead atoms. The predicted molar refractivity (Wildman–Crippen MR) is 76.4 cm³/mol. The summed E-state index contributed by atoms with van der Waals surface area (Å²) in [5.41, 5.74) is 1.85. The lowest BCUT2D eigenvalue weighted by atomic mass is 10.0. The lowest BCUT2D eigenvalue weighted by Gasteiger charge is -2.09. The van der Waals surface area contributed by atoms with Crippen LogP contribution in [0.1, 0.15) is 5.56 Å². The maximum absolute atomic E-state index is 13.4. The molecule has 0 aliphatic carbocycles. The third-order valence-corrected chi connectivity index (χ3v) is 4.12. The first-order valence-corrected chi connectivity index (χ1v) is 6.69. The van der Waals surface area contributed by atoms with Gasteiger partial charge < -0.3 is 0 Å². The van der Waals surface area contributed by atoms with Crippen molar-refractivity contribution >= 4 is 46.4 Å². The van der Waals surface area contributed by atoms with Crippen LogP contribution >= 0.6 is 46.4 Å². The van der Waals surface area contributed by atoms with Crippen LogP contribution in [0.15, 0.2) is 30.3 Å². The highest BCUT2D eigenvalue weighted by atomic mass is 35.5. The molecule has 18 heavy (non-hydrogen) atoms. The molecule has 0 heterocycles. The second kappa shape index (κ2) is 5.66. The molecule has 0 saturated carbocycles. The van der Waals surface area contributed by atoms with Crippen molar-refractivity contribution in [2.75, 3.05) is 0 Å². The van der Waals surface area contributed by atoms with Crippen molar-refractivity contribution in [1.82, 2.24) is 0 Å². The summed E-state index contributed by atoms with van der Waals surface area (Å²) in [6, 6.07) is 8.01. The first-order chi connectivity index (χ1) is 8.54. The molecule has 0 atom stereocenters. The number of alkyl halides is 1. The Morgan fingerprint density at radius 1 is 0.944 bits per heavy atom. The number of rotatable bonds is 2. The molecule has 2 aromatic carbocycles. The molecule has 0 unspecified atom stereocenters. The summed E-state index contributed by atoms with van der Waals surface area (Å²) in [6.07, 6.45) is 0. The van der Waals surface area contributed by atoms with Gasteiger partial charge >= 0.3 is 0 Å². The molecule has 5 heteroatoms. The van der Waals surface area contributed by atoms with Gasteiger partial charge in [-0.1, -0.05) is 46.9 Å². The van der Waals surface area contributed by atoms with Gasteiger partial charge in [0.1, 0.15) is 5.82 Å². The Labute approximate surface area is 124 Å². The molecule has 0 aromatic heterocycles. The lowest BCUT2D eigenvalue weighted by molar-refractivity contribution is 0.617. The third kappa shape index (κ3) is 2.60. The Bertz CT molecular complexity index is 596. The Morgan fingerprint density at radius 3 is 2.33 bits per heavy atom. The average Bonchev–Trinajstić information content (AvgIpc) is 2.37. The summed E-state index contributed by atoms with van der Waals surface area (Å²) in [6.45, 7) is 0. The van der Waals surface area contributed by atoms with Crippen LogP contribution in [0.5, 0.6) is 0 Å². The minimum Gasteiger partial charge on any atom is -0.207 e. The van der Waals surface area contributed by atoms with E-state index < -0.39 is 0 Å². The van der Waals surface area contributed by atoms with E-state index in [0.29, 0.717) is 21.2 Å². The van der Waals surface area contributed by atoms with Crippen LogP contribution in [0.3, 0.4) is 0 Å². The van der Waals surface area contributed by atoms with E-state index in [4.69, 9.17) is 46.4 Å². The SMILES string of the molecule is Fc1ccc(-c2ccc(Cl)c(Cl)c2Cl)cc1CCl. The van der Waals surface area contributed by atoms with E-state index >= 15 is 0 Å². The van der Waals surface area contributed by atoms with Gasteiger partial charge in [0, 0.05) is 11.1 Å². The molecular weight excluding hydrogens is 317 g/mol. The van der Waals surface area contributed by atoms with Crippen molar-refractivity contribution in [3.05, 3.63) is 56.8 Å². The molecule has 0 N–H and O–H groups in total. The third-order valence-electron chi connectivity index (χ3n) is 2.54. The largest absolute Gasteiger partial charge is 0.207 e. The molecule has 0 saturated heterocycles. The van der Waals surface area contributed by atoms with Crippen LogP contribution in [-0.4, -0.2) is 0 Å². The van der Waals surface area contributed by atoms with E-state index in [1.54, 1.807) is 24.3 Å². The van der Waals surface area contributed by atoms with Crippen LogP contribution in [0.25, 0.3) is 11.1 Å². The van der Waals surface area contributed by atoms with Crippen LogP contribution < -0.4 is 0 Å². The van der Waals surface area contributed by atoms with Crippen molar-refractivity contribution < 1.29 is 4.39 Å².